The van der Waals surface area contributed by atoms with E-state index in [1.54, 1.807) is 41.8 Å². The lowest BCUT2D eigenvalue weighted by Gasteiger charge is -2.26. The van der Waals surface area contributed by atoms with Crippen LogP contribution in [0.2, 0.25) is 0 Å². The van der Waals surface area contributed by atoms with Gasteiger partial charge in [-0.2, -0.15) is 10.4 Å². The number of likely N-dealkylation sites (tertiary alicyclic amines) is 1. The normalized spacial score (nSPS) is 16.2. The molecule has 0 bridgehead atoms. The maximum Gasteiger partial charge on any atom is 0.268 e. The first-order valence-corrected chi connectivity index (χ1v) is 14.7. The first-order chi connectivity index (χ1) is 19.8. The molecular weight excluding hydrogens is 550 g/mol. The molecule has 11 heteroatoms. The van der Waals surface area contributed by atoms with Crippen molar-refractivity contribution in [2.45, 2.75) is 65.6 Å². The third-order valence-electron chi connectivity index (χ3n) is 7.19. The standard InChI is InChI=1S/C31H35N7O3S/c1-30(2,3)17-20(18-32)28(40)36-14-6-8-22(36)19-37-24-10-9-21(31(4,5)41)16-23(24)34-29(37)35-27(39)25-11-12-26(42-25)38-15-7-13-33-38/h7,9-13,15-17,22,41H,6,8,14,19H2,1-5H3,(H,34,35,39)/t22-/m1/s1. The Kier molecular flexibility index (Phi) is 7.79. The first-order valence-electron chi connectivity index (χ1n) is 13.9. The number of aliphatic hydroxyl groups is 1. The van der Waals surface area contributed by atoms with E-state index in [4.69, 9.17) is 4.98 Å². The molecule has 3 aromatic heterocycles. The summed E-state index contributed by atoms with van der Waals surface area (Å²) in [5.74, 6) is -0.238. The lowest BCUT2D eigenvalue weighted by molar-refractivity contribution is -0.127. The van der Waals surface area contributed by atoms with Crippen LogP contribution in [-0.4, -0.2) is 53.7 Å². The second-order valence-corrected chi connectivity index (χ2v) is 13.2. The van der Waals surface area contributed by atoms with Crippen LogP contribution in [0.3, 0.4) is 0 Å². The molecule has 0 spiro atoms. The smallest absolute Gasteiger partial charge is 0.268 e. The van der Waals surface area contributed by atoms with Crippen molar-refractivity contribution in [2.75, 3.05) is 11.9 Å². The minimum atomic E-state index is -1.07. The zero-order valence-electron chi connectivity index (χ0n) is 24.5. The zero-order chi connectivity index (χ0) is 30.2. The van der Waals surface area contributed by atoms with Crippen LogP contribution >= 0.6 is 11.3 Å². The molecule has 42 heavy (non-hydrogen) atoms. The van der Waals surface area contributed by atoms with Gasteiger partial charge in [0.05, 0.1) is 27.6 Å². The average Bonchev–Trinajstić information content (AvgIpc) is 3.73. The first kappa shape index (κ1) is 29.2. The number of imidazole rings is 1. The van der Waals surface area contributed by atoms with Crippen LogP contribution in [-0.2, 0) is 16.9 Å². The van der Waals surface area contributed by atoms with E-state index in [1.807, 2.05) is 61.9 Å². The molecule has 4 heterocycles. The second-order valence-electron chi connectivity index (χ2n) is 12.2. The number of benzene rings is 1. The summed E-state index contributed by atoms with van der Waals surface area (Å²) in [6.07, 6.45) is 6.79. The Morgan fingerprint density at radius 3 is 2.67 bits per heavy atom. The number of fused-ring (bicyclic) bond motifs is 1. The Balaban J connectivity index is 1.48. The van der Waals surface area contributed by atoms with Gasteiger partial charge in [0.15, 0.2) is 0 Å². The molecule has 1 atom stereocenters. The predicted octanol–water partition coefficient (Wildman–Crippen LogP) is 5.25. The molecule has 1 saturated heterocycles. The van der Waals surface area contributed by atoms with Crippen LogP contribution in [0.1, 0.15) is 62.7 Å². The average molecular weight is 586 g/mol. The molecule has 1 aromatic carbocycles. The van der Waals surface area contributed by atoms with Gasteiger partial charge in [-0.05, 0) is 68.0 Å². The number of hydrogen-bond donors (Lipinski definition) is 2. The van der Waals surface area contributed by atoms with Crippen molar-refractivity contribution < 1.29 is 14.7 Å². The molecule has 1 fully saturated rings. The van der Waals surface area contributed by atoms with Gasteiger partial charge in [-0.3, -0.25) is 14.9 Å². The van der Waals surface area contributed by atoms with Crippen LogP contribution < -0.4 is 5.32 Å². The van der Waals surface area contributed by atoms with Crippen LogP contribution in [0.25, 0.3) is 16.0 Å². The summed E-state index contributed by atoms with van der Waals surface area (Å²) in [6.45, 7) is 10.2. The Morgan fingerprint density at radius 2 is 2.00 bits per heavy atom. The number of allylic oxidation sites excluding steroid dienone is 1. The number of amides is 2. The van der Waals surface area contributed by atoms with Crippen molar-refractivity contribution in [3.63, 3.8) is 0 Å². The second kappa shape index (κ2) is 11.2. The summed E-state index contributed by atoms with van der Waals surface area (Å²) < 4.78 is 3.61. The highest BCUT2D eigenvalue weighted by Gasteiger charge is 2.33. The molecule has 2 N–H and O–H groups in total. The summed E-state index contributed by atoms with van der Waals surface area (Å²) in [7, 11) is 0. The fraction of sp³-hybridized carbons (Fsp3) is 0.387. The highest BCUT2D eigenvalue weighted by Crippen LogP contribution is 2.30. The van der Waals surface area contributed by atoms with Gasteiger partial charge in [-0.1, -0.05) is 32.9 Å². The topological polar surface area (TPSA) is 129 Å². The van der Waals surface area contributed by atoms with E-state index in [0.717, 1.165) is 23.4 Å². The molecule has 4 aromatic rings. The number of hydrogen-bond acceptors (Lipinski definition) is 7. The van der Waals surface area contributed by atoms with Crippen LogP contribution in [0.5, 0.6) is 0 Å². The van der Waals surface area contributed by atoms with Crippen molar-refractivity contribution >= 4 is 40.1 Å². The molecule has 0 aliphatic carbocycles. The molecule has 218 valence electrons. The van der Waals surface area contributed by atoms with Crippen LogP contribution in [0.4, 0.5) is 5.95 Å². The van der Waals surface area contributed by atoms with Gasteiger partial charge in [0.25, 0.3) is 11.8 Å². The molecule has 2 amide bonds. The van der Waals surface area contributed by atoms with Gasteiger partial charge >= 0.3 is 0 Å². The Hall–Kier alpha value is -4.27. The Bertz CT molecular complexity index is 1690. The molecule has 0 saturated carbocycles. The van der Waals surface area contributed by atoms with E-state index in [9.17, 15) is 20.0 Å². The van der Waals surface area contributed by atoms with E-state index in [-0.39, 0.29) is 28.8 Å². The summed E-state index contributed by atoms with van der Waals surface area (Å²) in [5.41, 5.74) is 0.845. The van der Waals surface area contributed by atoms with Crippen LogP contribution in [0.15, 0.2) is 60.4 Å². The third kappa shape index (κ3) is 6.15. The minimum Gasteiger partial charge on any atom is -0.386 e. The van der Waals surface area contributed by atoms with E-state index in [2.05, 4.69) is 16.5 Å². The third-order valence-corrected chi connectivity index (χ3v) is 8.26. The van der Waals surface area contributed by atoms with E-state index < -0.39 is 5.60 Å². The van der Waals surface area contributed by atoms with Gasteiger partial charge in [-0.15, -0.1) is 11.3 Å². The molecule has 0 radical (unpaired) electrons. The number of thiophene rings is 1. The number of nitrogens with one attached hydrogen (secondary N) is 1. The van der Waals surface area contributed by atoms with Crippen molar-refractivity contribution in [1.29, 1.82) is 5.26 Å². The summed E-state index contributed by atoms with van der Waals surface area (Å²) in [5, 5.41) is 28.4. The lowest BCUT2D eigenvalue weighted by atomic mass is 9.93. The maximum absolute atomic E-state index is 13.5. The number of carbonyl (C=O) groups is 2. The monoisotopic (exact) mass is 585 g/mol. The zero-order valence-corrected chi connectivity index (χ0v) is 25.3. The number of carbonyl (C=O) groups excluding carboxylic acids is 2. The van der Waals surface area contributed by atoms with Crippen molar-refractivity contribution in [1.82, 2.24) is 24.2 Å². The molecular formula is C31H35N7O3S. The van der Waals surface area contributed by atoms with E-state index in [1.165, 1.54) is 11.3 Å². The van der Waals surface area contributed by atoms with Gasteiger partial charge in [0.1, 0.15) is 16.6 Å². The molecule has 1 aliphatic rings. The van der Waals surface area contributed by atoms with Crippen molar-refractivity contribution in [3.8, 4) is 11.1 Å². The van der Waals surface area contributed by atoms with Gasteiger partial charge in [-0.25, -0.2) is 9.67 Å². The van der Waals surface area contributed by atoms with Crippen LogP contribution in [0, 0.1) is 16.7 Å². The van der Waals surface area contributed by atoms with Gasteiger partial charge in [0.2, 0.25) is 5.95 Å². The minimum absolute atomic E-state index is 0.138. The number of nitrogens with zero attached hydrogens (tertiary/aromatic N) is 6. The predicted molar refractivity (Wildman–Crippen MR) is 162 cm³/mol. The summed E-state index contributed by atoms with van der Waals surface area (Å²) in [4.78, 5) is 33.9. The number of nitriles is 1. The highest BCUT2D eigenvalue weighted by molar-refractivity contribution is 7.16. The summed E-state index contributed by atoms with van der Waals surface area (Å²) in [6, 6.07) is 12.9. The maximum atomic E-state index is 13.5. The van der Waals surface area contributed by atoms with Gasteiger partial charge < -0.3 is 14.6 Å². The number of aromatic nitrogens is 4. The molecule has 10 nitrogen and oxygen atoms in total. The number of anilines is 1. The SMILES string of the molecule is CC(C)(C)C=C(C#N)C(=O)N1CCC[C@@H]1Cn1c(NC(=O)c2ccc(-n3cccn3)s2)nc2cc(C(C)(C)O)ccc21. The quantitative estimate of drug-likeness (QED) is 0.225. The number of rotatable bonds is 7. The van der Waals surface area contributed by atoms with Gasteiger partial charge in [0, 0.05) is 25.5 Å². The Morgan fingerprint density at radius 1 is 1.21 bits per heavy atom. The van der Waals surface area contributed by atoms with Crippen molar-refractivity contribution in [3.05, 3.63) is 70.9 Å². The highest BCUT2D eigenvalue weighted by atomic mass is 32.1. The molecule has 5 rings (SSSR count). The fourth-order valence-electron chi connectivity index (χ4n) is 5.16. The summed E-state index contributed by atoms with van der Waals surface area (Å²) >= 11 is 1.31. The van der Waals surface area contributed by atoms with E-state index in [0.29, 0.717) is 35.0 Å². The van der Waals surface area contributed by atoms with E-state index >= 15 is 0 Å². The lowest BCUT2D eigenvalue weighted by Crippen LogP contribution is -2.39. The van der Waals surface area contributed by atoms with Crippen molar-refractivity contribution in [2.24, 2.45) is 5.41 Å². The largest absolute Gasteiger partial charge is 0.386 e. The molecule has 0 unspecified atom stereocenters. The Labute approximate surface area is 248 Å². The fourth-order valence-corrected chi connectivity index (χ4v) is 6.00. The molecule has 1 aliphatic heterocycles.